The minimum Gasteiger partial charge on any atom is -0.322 e. The Labute approximate surface area is 182 Å². The highest BCUT2D eigenvalue weighted by molar-refractivity contribution is 6.31. The lowest BCUT2D eigenvalue weighted by Crippen LogP contribution is -2.21. The molecule has 1 N–H and O–H groups in total. The van der Waals surface area contributed by atoms with Crippen LogP contribution in [0.4, 0.5) is 18.9 Å². The van der Waals surface area contributed by atoms with Crippen molar-refractivity contribution in [1.82, 2.24) is 19.6 Å². The van der Waals surface area contributed by atoms with Crippen LogP contribution >= 0.6 is 11.6 Å². The van der Waals surface area contributed by atoms with Gasteiger partial charge in [-0.25, -0.2) is 0 Å². The van der Waals surface area contributed by atoms with Crippen molar-refractivity contribution >= 4 is 23.2 Å². The van der Waals surface area contributed by atoms with Crippen LogP contribution in [0.1, 0.15) is 41.8 Å². The Morgan fingerprint density at radius 1 is 1.16 bits per heavy atom. The van der Waals surface area contributed by atoms with Crippen molar-refractivity contribution in [1.29, 1.82) is 0 Å². The van der Waals surface area contributed by atoms with Gasteiger partial charge in [-0.3, -0.25) is 14.2 Å². The van der Waals surface area contributed by atoms with Gasteiger partial charge in [0.2, 0.25) is 5.91 Å². The maximum Gasteiger partial charge on any atom is 0.435 e. The molecule has 10 heteroatoms. The van der Waals surface area contributed by atoms with Crippen molar-refractivity contribution in [2.75, 3.05) is 5.32 Å². The minimum atomic E-state index is -4.53. The lowest BCUT2D eigenvalue weighted by atomic mass is 10.1. The van der Waals surface area contributed by atoms with E-state index in [9.17, 15) is 18.0 Å². The Hall–Kier alpha value is -2.81. The number of aromatic nitrogens is 4. The van der Waals surface area contributed by atoms with E-state index in [1.165, 1.54) is 10.9 Å². The summed E-state index contributed by atoms with van der Waals surface area (Å²) in [5, 5.41) is 11.3. The molecule has 0 saturated heterocycles. The lowest BCUT2D eigenvalue weighted by molar-refractivity contribution is -0.142. The molecule has 2 heterocycles. The predicted octanol–water partition coefficient (Wildman–Crippen LogP) is 4.71. The molecule has 1 aliphatic carbocycles. The summed E-state index contributed by atoms with van der Waals surface area (Å²) in [5.41, 5.74) is 1.19. The Morgan fingerprint density at radius 2 is 1.94 bits per heavy atom. The summed E-state index contributed by atoms with van der Waals surface area (Å²) in [6.45, 7) is 0.144. The van der Waals surface area contributed by atoms with Crippen LogP contribution in [0.15, 0.2) is 36.7 Å². The van der Waals surface area contributed by atoms with E-state index in [1.54, 1.807) is 16.9 Å². The Morgan fingerprint density at radius 3 is 2.71 bits per heavy atom. The second kappa shape index (κ2) is 8.74. The highest BCUT2D eigenvalue weighted by Gasteiger charge is 2.39. The summed E-state index contributed by atoms with van der Waals surface area (Å²) < 4.78 is 43.1. The van der Waals surface area contributed by atoms with E-state index in [4.69, 9.17) is 11.6 Å². The topological polar surface area (TPSA) is 64.7 Å². The largest absolute Gasteiger partial charge is 0.435 e. The number of carbonyl (C=O) groups excluding carboxylic acids is 1. The third kappa shape index (κ3) is 4.92. The molecule has 164 valence electrons. The summed E-state index contributed by atoms with van der Waals surface area (Å²) in [6.07, 6.45) is 1.76. The predicted molar refractivity (Wildman–Crippen MR) is 110 cm³/mol. The molecule has 1 aromatic carbocycles. The highest BCUT2D eigenvalue weighted by atomic mass is 35.5. The Balaban J connectivity index is 1.47. The van der Waals surface area contributed by atoms with Crippen LogP contribution in [0.3, 0.4) is 0 Å². The number of hydrogen-bond acceptors (Lipinski definition) is 3. The molecule has 0 radical (unpaired) electrons. The molecule has 2 aromatic heterocycles. The number of rotatable bonds is 5. The van der Waals surface area contributed by atoms with Crippen LogP contribution in [-0.4, -0.2) is 25.5 Å². The van der Waals surface area contributed by atoms with E-state index in [0.29, 0.717) is 42.2 Å². The summed E-state index contributed by atoms with van der Waals surface area (Å²) in [4.78, 5) is 12.5. The van der Waals surface area contributed by atoms with Crippen molar-refractivity contribution in [2.24, 2.45) is 0 Å². The SMILES string of the molecule is O=C(Cn1nc(C(F)(F)F)c2c1CCCCC2)Nc1cnn(Cc2ccccc2Cl)c1. The van der Waals surface area contributed by atoms with Gasteiger partial charge < -0.3 is 5.32 Å². The number of nitrogens with one attached hydrogen (secondary N) is 1. The Kier molecular flexibility index (Phi) is 6.04. The summed E-state index contributed by atoms with van der Waals surface area (Å²) in [5.74, 6) is -0.458. The molecule has 6 nitrogen and oxygen atoms in total. The third-order valence-electron chi connectivity index (χ3n) is 5.28. The van der Waals surface area contributed by atoms with Crippen molar-refractivity contribution in [3.8, 4) is 0 Å². The maximum atomic E-state index is 13.4. The van der Waals surface area contributed by atoms with Gasteiger partial charge in [0, 0.05) is 22.5 Å². The van der Waals surface area contributed by atoms with Crippen molar-refractivity contribution < 1.29 is 18.0 Å². The van der Waals surface area contributed by atoms with Crippen molar-refractivity contribution in [3.05, 3.63) is 64.2 Å². The monoisotopic (exact) mass is 451 g/mol. The van der Waals surface area contributed by atoms with E-state index < -0.39 is 17.8 Å². The number of amides is 1. The van der Waals surface area contributed by atoms with Crippen LogP contribution in [0.2, 0.25) is 5.02 Å². The molecular formula is C21H21ClF3N5O. The molecule has 0 bridgehead atoms. The first-order valence-corrected chi connectivity index (χ1v) is 10.4. The van der Waals surface area contributed by atoms with Gasteiger partial charge in [0.25, 0.3) is 0 Å². The van der Waals surface area contributed by atoms with Crippen molar-refractivity contribution in [2.45, 2.75) is 51.4 Å². The molecule has 0 fully saturated rings. The Bertz CT molecular complexity index is 1090. The van der Waals surface area contributed by atoms with E-state index in [-0.39, 0.29) is 12.1 Å². The molecule has 1 aliphatic rings. The molecule has 31 heavy (non-hydrogen) atoms. The average molecular weight is 452 g/mol. The third-order valence-corrected chi connectivity index (χ3v) is 5.64. The quantitative estimate of drug-likeness (QED) is 0.571. The number of hydrogen-bond donors (Lipinski definition) is 1. The molecular weight excluding hydrogens is 431 g/mol. The molecule has 0 aliphatic heterocycles. The second-order valence-corrected chi connectivity index (χ2v) is 7.96. The minimum absolute atomic E-state index is 0.227. The number of fused-ring (bicyclic) bond motifs is 1. The van der Waals surface area contributed by atoms with Crippen LogP contribution in [0.25, 0.3) is 0 Å². The summed E-state index contributed by atoms with van der Waals surface area (Å²) in [6, 6.07) is 7.37. The number of benzene rings is 1. The van der Waals surface area contributed by atoms with Crippen LogP contribution < -0.4 is 5.32 Å². The zero-order valence-corrected chi connectivity index (χ0v) is 17.4. The van der Waals surface area contributed by atoms with Gasteiger partial charge >= 0.3 is 6.18 Å². The number of anilines is 1. The summed E-state index contributed by atoms with van der Waals surface area (Å²) in [7, 11) is 0. The van der Waals surface area contributed by atoms with Gasteiger partial charge in [-0.2, -0.15) is 23.4 Å². The standard InChI is InChI=1S/C21H21ClF3N5O/c22-17-8-5-4-6-14(17)11-29-12-15(10-26-29)27-19(31)13-30-18-9-3-1-2-7-16(18)20(28-30)21(23,24)25/h4-6,8,10,12H,1-3,7,9,11,13H2,(H,27,31). The molecule has 0 unspecified atom stereocenters. The number of nitrogens with zero attached hydrogens (tertiary/aromatic N) is 4. The van der Waals surface area contributed by atoms with Gasteiger partial charge in [-0.15, -0.1) is 0 Å². The first kappa shape index (κ1) is 21.4. The molecule has 3 aromatic rings. The molecule has 0 atom stereocenters. The van der Waals surface area contributed by atoms with Gasteiger partial charge in [0.1, 0.15) is 6.54 Å². The lowest BCUT2D eigenvalue weighted by Gasteiger charge is -2.07. The highest BCUT2D eigenvalue weighted by Crippen LogP contribution is 2.35. The first-order chi connectivity index (χ1) is 14.8. The fraction of sp³-hybridized carbons (Fsp3) is 0.381. The second-order valence-electron chi connectivity index (χ2n) is 7.56. The molecule has 4 rings (SSSR count). The number of alkyl halides is 3. The van der Waals surface area contributed by atoms with E-state index in [0.717, 1.165) is 18.4 Å². The normalized spacial score (nSPS) is 14.2. The molecule has 0 spiro atoms. The molecule has 0 saturated carbocycles. The van der Waals surface area contributed by atoms with Crippen molar-refractivity contribution in [3.63, 3.8) is 0 Å². The fourth-order valence-corrected chi connectivity index (χ4v) is 4.05. The van der Waals surface area contributed by atoms with Crippen LogP contribution in [0, 0.1) is 0 Å². The number of halogens is 4. The van der Waals surface area contributed by atoms with Gasteiger partial charge in [-0.05, 0) is 37.3 Å². The van der Waals surface area contributed by atoms with Crippen LogP contribution in [-0.2, 0) is 36.9 Å². The molecule has 1 amide bonds. The fourth-order valence-electron chi connectivity index (χ4n) is 3.86. The van der Waals surface area contributed by atoms with Gasteiger partial charge in [0.15, 0.2) is 5.69 Å². The maximum absolute atomic E-state index is 13.4. The average Bonchev–Trinajstić information content (AvgIpc) is 3.19. The van der Waals surface area contributed by atoms with Crippen LogP contribution in [0.5, 0.6) is 0 Å². The number of carbonyl (C=O) groups is 1. The van der Waals surface area contributed by atoms with E-state index >= 15 is 0 Å². The zero-order chi connectivity index (χ0) is 22.0. The first-order valence-electron chi connectivity index (χ1n) is 10.0. The zero-order valence-electron chi connectivity index (χ0n) is 16.6. The van der Waals surface area contributed by atoms with Gasteiger partial charge in [-0.1, -0.05) is 36.2 Å². The van der Waals surface area contributed by atoms with Gasteiger partial charge in [0.05, 0.1) is 18.4 Å². The van der Waals surface area contributed by atoms with E-state index in [1.807, 2.05) is 18.2 Å². The smallest absolute Gasteiger partial charge is 0.322 e. The summed E-state index contributed by atoms with van der Waals surface area (Å²) >= 11 is 6.16. The van der Waals surface area contributed by atoms with E-state index in [2.05, 4.69) is 15.5 Å².